The topological polar surface area (TPSA) is 37.8 Å². The number of aromatic nitrogens is 2. The number of aryl methyl sites for hydroxylation is 1. The second kappa shape index (κ2) is 5.58. The Bertz CT molecular complexity index is 1070. The van der Waals surface area contributed by atoms with Crippen LogP contribution in [0.2, 0.25) is 0 Å². The van der Waals surface area contributed by atoms with Crippen LogP contribution in [0.4, 0.5) is 0 Å². The Hall–Kier alpha value is -1.37. The smallest absolute Gasteiger partial charge is 0.267 e. The lowest BCUT2D eigenvalue weighted by Crippen LogP contribution is -2.25. The standard InChI is InChI=1S/C18H18N2OS3/c1-10-5-4-6-11(7-10)20-16(21)14-12-8-18(2,3)23-9-13(12)24-15(14)19-17(20)22/h4-7H,8-9H2,1-3H3,(H,19,22). The predicted octanol–water partition coefficient (Wildman–Crippen LogP) is 4.99. The fourth-order valence-corrected chi connectivity index (χ4v) is 5.94. The van der Waals surface area contributed by atoms with Gasteiger partial charge in [-0.3, -0.25) is 9.36 Å². The van der Waals surface area contributed by atoms with Crippen molar-refractivity contribution in [2.45, 2.75) is 37.7 Å². The molecule has 3 aromatic rings. The van der Waals surface area contributed by atoms with E-state index in [4.69, 9.17) is 12.2 Å². The minimum Gasteiger partial charge on any atom is -0.323 e. The van der Waals surface area contributed by atoms with Gasteiger partial charge in [0, 0.05) is 15.4 Å². The van der Waals surface area contributed by atoms with Crippen molar-refractivity contribution in [1.82, 2.24) is 9.55 Å². The Morgan fingerprint density at radius 3 is 2.88 bits per heavy atom. The number of rotatable bonds is 1. The average Bonchev–Trinajstić information content (AvgIpc) is 2.83. The number of nitrogens with zero attached hydrogens (tertiary/aromatic N) is 1. The second-order valence-corrected chi connectivity index (χ2v) is 10.0. The third-order valence-corrected chi connectivity index (χ3v) is 7.36. The van der Waals surface area contributed by atoms with Crippen molar-refractivity contribution in [3.05, 3.63) is 55.4 Å². The third kappa shape index (κ3) is 2.57. The van der Waals surface area contributed by atoms with Crippen LogP contribution in [0.25, 0.3) is 15.9 Å². The van der Waals surface area contributed by atoms with E-state index >= 15 is 0 Å². The van der Waals surface area contributed by atoms with Gasteiger partial charge >= 0.3 is 0 Å². The maximum Gasteiger partial charge on any atom is 0.267 e. The first-order chi connectivity index (χ1) is 11.4. The minimum atomic E-state index is -0.000417. The molecule has 124 valence electrons. The molecule has 0 amide bonds. The highest BCUT2D eigenvalue weighted by molar-refractivity contribution is 8.00. The van der Waals surface area contributed by atoms with Gasteiger partial charge in [-0.2, -0.15) is 0 Å². The van der Waals surface area contributed by atoms with E-state index in [1.807, 2.05) is 43.0 Å². The highest BCUT2D eigenvalue weighted by Crippen LogP contribution is 2.43. The van der Waals surface area contributed by atoms with Crippen molar-refractivity contribution in [3.63, 3.8) is 0 Å². The van der Waals surface area contributed by atoms with E-state index in [9.17, 15) is 4.79 Å². The quantitative estimate of drug-likeness (QED) is 0.610. The summed E-state index contributed by atoms with van der Waals surface area (Å²) < 4.78 is 2.25. The fraction of sp³-hybridized carbons (Fsp3) is 0.333. The molecular weight excluding hydrogens is 356 g/mol. The van der Waals surface area contributed by atoms with Crippen molar-refractivity contribution in [1.29, 1.82) is 0 Å². The molecule has 0 unspecified atom stereocenters. The first kappa shape index (κ1) is 16.1. The van der Waals surface area contributed by atoms with E-state index in [0.717, 1.165) is 33.6 Å². The summed E-state index contributed by atoms with van der Waals surface area (Å²) in [7, 11) is 0. The molecule has 1 aliphatic heterocycles. The van der Waals surface area contributed by atoms with Gasteiger partial charge in [-0.05, 0) is 48.8 Å². The maximum absolute atomic E-state index is 13.3. The van der Waals surface area contributed by atoms with Crippen molar-refractivity contribution < 1.29 is 0 Å². The van der Waals surface area contributed by atoms with Crippen LogP contribution in [0.15, 0.2) is 29.1 Å². The molecule has 2 aromatic heterocycles. The zero-order chi connectivity index (χ0) is 17.1. The number of hydrogen-bond acceptors (Lipinski definition) is 4. The van der Waals surface area contributed by atoms with Gasteiger partial charge in [0.2, 0.25) is 0 Å². The molecule has 0 fully saturated rings. The van der Waals surface area contributed by atoms with E-state index in [1.165, 1.54) is 10.4 Å². The highest BCUT2D eigenvalue weighted by atomic mass is 32.2. The first-order valence-electron chi connectivity index (χ1n) is 7.86. The molecule has 0 radical (unpaired) electrons. The Morgan fingerprint density at radius 2 is 2.12 bits per heavy atom. The summed E-state index contributed by atoms with van der Waals surface area (Å²) in [5, 5.41) is 0.818. The number of H-pyrrole nitrogens is 1. The van der Waals surface area contributed by atoms with Crippen molar-refractivity contribution >= 4 is 45.5 Å². The molecule has 24 heavy (non-hydrogen) atoms. The zero-order valence-corrected chi connectivity index (χ0v) is 16.3. The van der Waals surface area contributed by atoms with Gasteiger partial charge in [0.05, 0.1) is 11.1 Å². The average molecular weight is 375 g/mol. The minimum absolute atomic E-state index is 0.000417. The molecule has 1 N–H and O–H groups in total. The highest BCUT2D eigenvalue weighted by Gasteiger charge is 2.30. The third-order valence-electron chi connectivity index (χ3n) is 4.39. The van der Waals surface area contributed by atoms with Crippen LogP contribution in [-0.4, -0.2) is 14.3 Å². The molecule has 1 aromatic carbocycles. The molecule has 0 aliphatic carbocycles. The molecule has 0 saturated carbocycles. The predicted molar refractivity (Wildman–Crippen MR) is 106 cm³/mol. The van der Waals surface area contributed by atoms with Crippen molar-refractivity contribution in [2.75, 3.05) is 0 Å². The number of nitrogens with one attached hydrogen (secondary N) is 1. The van der Waals surface area contributed by atoms with E-state index in [0.29, 0.717) is 4.77 Å². The normalized spacial score (nSPS) is 16.3. The number of fused-ring (bicyclic) bond motifs is 3. The summed E-state index contributed by atoms with van der Waals surface area (Å²) in [5.74, 6) is 0.964. The van der Waals surface area contributed by atoms with Gasteiger partial charge in [0.1, 0.15) is 4.83 Å². The number of hydrogen-bond donors (Lipinski definition) is 1. The molecule has 0 atom stereocenters. The Kier molecular flexibility index (Phi) is 3.74. The van der Waals surface area contributed by atoms with Gasteiger partial charge in [-0.15, -0.1) is 23.1 Å². The molecule has 0 spiro atoms. The lowest BCUT2D eigenvalue weighted by atomic mass is 10.00. The second-order valence-electron chi connectivity index (χ2n) is 6.84. The summed E-state index contributed by atoms with van der Waals surface area (Å²) in [6.45, 7) is 6.51. The van der Waals surface area contributed by atoms with Gasteiger partial charge in [0.25, 0.3) is 5.56 Å². The van der Waals surface area contributed by atoms with Gasteiger partial charge in [-0.25, -0.2) is 0 Å². The molecule has 1 aliphatic rings. The molecule has 3 nitrogen and oxygen atoms in total. The molecule has 0 bridgehead atoms. The molecular formula is C18H18N2OS3. The number of thioether (sulfide) groups is 1. The number of aromatic amines is 1. The van der Waals surface area contributed by atoms with Gasteiger partial charge < -0.3 is 4.98 Å². The van der Waals surface area contributed by atoms with E-state index in [1.54, 1.807) is 15.9 Å². The van der Waals surface area contributed by atoms with Crippen LogP contribution >= 0.6 is 35.3 Å². The van der Waals surface area contributed by atoms with Gasteiger partial charge in [-0.1, -0.05) is 26.0 Å². The largest absolute Gasteiger partial charge is 0.323 e. The Morgan fingerprint density at radius 1 is 1.33 bits per heavy atom. The first-order valence-corrected chi connectivity index (χ1v) is 10.1. The van der Waals surface area contributed by atoms with E-state index in [-0.39, 0.29) is 10.3 Å². The Balaban J connectivity index is 2.04. The van der Waals surface area contributed by atoms with Crippen molar-refractivity contribution in [2.24, 2.45) is 0 Å². The summed E-state index contributed by atoms with van der Waals surface area (Å²) >= 11 is 9.12. The van der Waals surface area contributed by atoms with Crippen molar-refractivity contribution in [3.8, 4) is 5.69 Å². The zero-order valence-electron chi connectivity index (χ0n) is 13.8. The van der Waals surface area contributed by atoms with Crippen LogP contribution in [0.5, 0.6) is 0 Å². The van der Waals surface area contributed by atoms with Crippen LogP contribution in [0.1, 0.15) is 29.9 Å². The number of benzene rings is 1. The maximum atomic E-state index is 13.3. The summed E-state index contributed by atoms with van der Waals surface area (Å²) in [6.07, 6.45) is 0.917. The number of thiophene rings is 1. The lowest BCUT2D eigenvalue weighted by molar-refractivity contribution is 0.699. The summed E-state index contributed by atoms with van der Waals surface area (Å²) in [6, 6.07) is 7.91. The molecule has 0 saturated heterocycles. The summed E-state index contributed by atoms with van der Waals surface area (Å²) in [5.41, 5.74) is 3.14. The van der Waals surface area contributed by atoms with E-state index < -0.39 is 0 Å². The SMILES string of the molecule is Cc1cccc(-n2c(=S)[nH]c3sc4c(c3c2=O)CC(C)(C)SC4)c1. The molecule has 6 heteroatoms. The van der Waals surface area contributed by atoms with Crippen LogP contribution in [0, 0.1) is 11.7 Å². The van der Waals surface area contributed by atoms with Crippen LogP contribution < -0.4 is 5.56 Å². The monoisotopic (exact) mass is 374 g/mol. The van der Waals surface area contributed by atoms with E-state index in [2.05, 4.69) is 18.8 Å². The Labute approximate surface area is 153 Å². The summed E-state index contributed by atoms with van der Waals surface area (Å²) in [4.78, 5) is 18.8. The molecule has 3 heterocycles. The van der Waals surface area contributed by atoms with Crippen LogP contribution in [-0.2, 0) is 12.2 Å². The van der Waals surface area contributed by atoms with Gasteiger partial charge in [0.15, 0.2) is 4.77 Å². The lowest BCUT2D eigenvalue weighted by Gasteiger charge is -2.28. The molecule has 4 rings (SSSR count). The van der Waals surface area contributed by atoms with Crippen LogP contribution in [0.3, 0.4) is 0 Å². The fourth-order valence-electron chi connectivity index (χ4n) is 3.23.